The fourth-order valence-corrected chi connectivity index (χ4v) is 3.69. The topological polar surface area (TPSA) is 76.9 Å². The summed E-state index contributed by atoms with van der Waals surface area (Å²) in [6.45, 7) is 2.83. The molecule has 1 aliphatic rings. The molecule has 2 aromatic rings. The van der Waals surface area contributed by atoms with E-state index < -0.39 is 0 Å². The van der Waals surface area contributed by atoms with Crippen LogP contribution in [0, 0.1) is 0 Å². The number of hydrogen-bond acceptors (Lipinski definition) is 5. The van der Waals surface area contributed by atoms with Crippen LogP contribution in [-0.4, -0.2) is 26.5 Å². The van der Waals surface area contributed by atoms with E-state index in [-0.39, 0.29) is 30.6 Å². The van der Waals surface area contributed by atoms with Gasteiger partial charge in [-0.15, -0.1) is 21.5 Å². The zero-order valence-corrected chi connectivity index (χ0v) is 14.6. The summed E-state index contributed by atoms with van der Waals surface area (Å²) >= 11 is 1.41. The zero-order chi connectivity index (χ0) is 16.9. The Balaban J connectivity index is 1.55. The van der Waals surface area contributed by atoms with E-state index in [0.29, 0.717) is 4.88 Å². The summed E-state index contributed by atoms with van der Waals surface area (Å²) in [6.07, 6.45) is 4.84. The molecule has 7 heteroatoms. The van der Waals surface area contributed by atoms with Crippen molar-refractivity contribution in [2.75, 3.05) is 0 Å². The molecule has 0 saturated heterocycles. The lowest BCUT2D eigenvalue weighted by molar-refractivity contribution is -0.121. The number of thiophene rings is 1. The Kier molecular flexibility index (Phi) is 5.40. The van der Waals surface area contributed by atoms with Gasteiger partial charge < -0.3 is 9.88 Å². The van der Waals surface area contributed by atoms with E-state index in [1.807, 2.05) is 18.4 Å². The van der Waals surface area contributed by atoms with Gasteiger partial charge >= 0.3 is 0 Å². The number of Topliss-reactive ketones (excluding diaryl/α,β-unsaturated/α-hetero) is 1. The van der Waals surface area contributed by atoms with Crippen molar-refractivity contribution in [2.24, 2.45) is 0 Å². The van der Waals surface area contributed by atoms with Crippen molar-refractivity contribution < 1.29 is 9.59 Å². The molecule has 3 rings (SSSR count). The Morgan fingerprint density at radius 1 is 1.29 bits per heavy atom. The molecule has 1 atom stereocenters. The molecule has 0 bridgehead atoms. The average molecular weight is 346 g/mol. The minimum atomic E-state index is -0.200. The molecule has 2 aromatic heterocycles. The number of fused-ring (bicyclic) bond motifs is 1. The van der Waals surface area contributed by atoms with Gasteiger partial charge in [0, 0.05) is 25.8 Å². The molecule has 0 saturated carbocycles. The molecule has 0 spiro atoms. The van der Waals surface area contributed by atoms with Gasteiger partial charge in [-0.2, -0.15) is 0 Å². The normalized spacial score (nSPS) is 15.4. The maximum Gasteiger partial charge on any atom is 0.221 e. The van der Waals surface area contributed by atoms with Gasteiger partial charge in [0.1, 0.15) is 5.82 Å². The molecule has 0 aliphatic carbocycles. The molecule has 24 heavy (non-hydrogen) atoms. The van der Waals surface area contributed by atoms with Gasteiger partial charge in [0.25, 0.3) is 0 Å². The van der Waals surface area contributed by atoms with Gasteiger partial charge in [-0.25, -0.2) is 0 Å². The maximum absolute atomic E-state index is 12.1. The summed E-state index contributed by atoms with van der Waals surface area (Å²) in [5.41, 5.74) is 0. The molecule has 0 unspecified atom stereocenters. The number of nitrogens with zero attached hydrogens (tertiary/aromatic N) is 3. The minimum Gasteiger partial charge on any atom is -0.346 e. The highest BCUT2D eigenvalue weighted by Gasteiger charge is 2.20. The Labute approximate surface area is 145 Å². The Morgan fingerprint density at radius 2 is 2.17 bits per heavy atom. The van der Waals surface area contributed by atoms with Crippen LogP contribution in [0.1, 0.15) is 66.4 Å². The van der Waals surface area contributed by atoms with Crippen LogP contribution in [0.5, 0.6) is 0 Å². The summed E-state index contributed by atoms with van der Waals surface area (Å²) in [4.78, 5) is 24.8. The summed E-state index contributed by atoms with van der Waals surface area (Å²) in [5, 5.41) is 13.3. The first-order valence-corrected chi connectivity index (χ1v) is 9.31. The number of rotatable bonds is 6. The highest BCUT2D eigenvalue weighted by molar-refractivity contribution is 7.12. The van der Waals surface area contributed by atoms with E-state index in [0.717, 1.165) is 37.5 Å². The van der Waals surface area contributed by atoms with E-state index in [9.17, 15) is 9.59 Å². The van der Waals surface area contributed by atoms with Crippen LogP contribution in [-0.2, 0) is 17.8 Å². The summed E-state index contributed by atoms with van der Waals surface area (Å²) < 4.78 is 2.13. The van der Waals surface area contributed by atoms with E-state index in [4.69, 9.17) is 0 Å². The summed E-state index contributed by atoms with van der Waals surface area (Å²) in [6, 6.07) is 3.43. The van der Waals surface area contributed by atoms with Crippen molar-refractivity contribution in [2.45, 2.75) is 58.0 Å². The molecule has 6 nitrogen and oxygen atoms in total. The number of nitrogens with one attached hydrogen (secondary N) is 1. The summed E-state index contributed by atoms with van der Waals surface area (Å²) in [7, 11) is 0. The third kappa shape index (κ3) is 3.90. The number of amides is 1. The fraction of sp³-hybridized carbons (Fsp3) is 0.529. The van der Waals surface area contributed by atoms with Crippen molar-refractivity contribution in [1.29, 1.82) is 0 Å². The summed E-state index contributed by atoms with van der Waals surface area (Å²) in [5.74, 6) is 1.71. The molecule has 128 valence electrons. The molecule has 1 aliphatic heterocycles. The molecular formula is C17H22N4O2S. The Hall–Kier alpha value is -2.02. The molecule has 0 aromatic carbocycles. The number of hydrogen-bond donors (Lipinski definition) is 1. The van der Waals surface area contributed by atoms with Crippen molar-refractivity contribution in [3.8, 4) is 0 Å². The zero-order valence-electron chi connectivity index (χ0n) is 13.8. The Morgan fingerprint density at radius 3 is 2.96 bits per heavy atom. The molecule has 3 heterocycles. The molecular weight excluding hydrogens is 324 g/mol. The largest absolute Gasteiger partial charge is 0.346 e. The van der Waals surface area contributed by atoms with Gasteiger partial charge in [0.15, 0.2) is 11.6 Å². The lowest BCUT2D eigenvalue weighted by Crippen LogP contribution is -2.29. The highest BCUT2D eigenvalue weighted by atomic mass is 32.1. The minimum absolute atomic E-state index is 0.0177. The van der Waals surface area contributed by atoms with Crippen molar-refractivity contribution in [3.05, 3.63) is 34.0 Å². The average Bonchev–Trinajstić information content (AvgIpc) is 3.18. The number of aryl methyl sites for hydroxylation is 1. The number of ketones is 1. The lowest BCUT2D eigenvalue weighted by atomic mass is 10.2. The van der Waals surface area contributed by atoms with Gasteiger partial charge in [-0.3, -0.25) is 9.59 Å². The van der Waals surface area contributed by atoms with Gasteiger partial charge in [0.2, 0.25) is 5.91 Å². The first kappa shape index (κ1) is 16.8. The second kappa shape index (κ2) is 7.70. The van der Waals surface area contributed by atoms with Crippen LogP contribution >= 0.6 is 11.3 Å². The van der Waals surface area contributed by atoms with E-state index >= 15 is 0 Å². The lowest BCUT2D eigenvalue weighted by Gasteiger charge is -2.15. The van der Waals surface area contributed by atoms with Crippen LogP contribution in [0.2, 0.25) is 0 Å². The maximum atomic E-state index is 12.1. The number of carbonyl (C=O) groups is 2. The van der Waals surface area contributed by atoms with Crippen molar-refractivity contribution in [1.82, 2.24) is 20.1 Å². The molecule has 1 N–H and O–H groups in total. The molecule has 0 fully saturated rings. The van der Waals surface area contributed by atoms with Crippen molar-refractivity contribution in [3.63, 3.8) is 0 Å². The van der Waals surface area contributed by atoms with Gasteiger partial charge in [-0.05, 0) is 31.2 Å². The predicted molar refractivity (Wildman–Crippen MR) is 92.0 cm³/mol. The Bertz CT molecular complexity index is 708. The first-order chi connectivity index (χ1) is 11.6. The monoisotopic (exact) mass is 346 g/mol. The van der Waals surface area contributed by atoms with Crippen LogP contribution in [0.3, 0.4) is 0 Å². The quantitative estimate of drug-likeness (QED) is 0.816. The second-order valence-electron chi connectivity index (χ2n) is 6.13. The smallest absolute Gasteiger partial charge is 0.221 e. The SMILES string of the molecule is C[C@H](NC(=O)CCC(=O)c1cccs1)c1nnc2n1CCCCC2. The number of carbonyl (C=O) groups excluding carboxylic acids is 2. The van der Waals surface area contributed by atoms with Crippen LogP contribution < -0.4 is 5.32 Å². The number of aromatic nitrogens is 3. The standard InChI is InChI=1S/C17H22N4O2S/c1-12(17-20-19-15-7-3-2-4-10-21(15)17)18-16(23)9-8-13(22)14-6-5-11-24-14/h5-6,11-12H,2-4,7-10H2,1H3,(H,18,23)/t12-/m0/s1. The van der Waals surface area contributed by atoms with Crippen molar-refractivity contribution >= 4 is 23.0 Å². The fourth-order valence-electron chi connectivity index (χ4n) is 2.99. The van der Waals surface area contributed by atoms with Gasteiger partial charge in [-0.1, -0.05) is 12.5 Å². The van der Waals surface area contributed by atoms with E-state index in [1.165, 1.54) is 17.8 Å². The third-order valence-corrected chi connectivity index (χ3v) is 5.19. The van der Waals surface area contributed by atoms with Crippen LogP contribution in [0.15, 0.2) is 17.5 Å². The van der Waals surface area contributed by atoms with E-state index in [2.05, 4.69) is 20.1 Å². The van der Waals surface area contributed by atoms with Crippen LogP contribution in [0.4, 0.5) is 0 Å². The molecule has 1 amide bonds. The van der Waals surface area contributed by atoms with Crippen LogP contribution in [0.25, 0.3) is 0 Å². The predicted octanol–water partition coefficient (Wildman–Crippen LogP) is 2.91. The molecule has 0 radical (unpaired) electrons. The highest BCUT2D eigenvalue weighted by Crippen LogP contribution is 2.19. The van der Waals surface area contributed by atoms with E-state index in [1.54, 1.807) is 6.07 Å². The van der Waals surface area contributed by atoms with Gasteiger partial charge in [0.05, 0.1) is 10.9 Å². The first-order valence-electron chi connectivity index (χ1n) is 8.43. The second-order valence-corrected chi connectivity index (χ2v) is 7.07. The third-order valence-electron chi connectivity index (χ3n) is 4.28.